The van der Waals surface area contributed by atoms with Gasteiger partial charge in [-0.3, -0.25) is 4.90 Å². The minimum absolute atomic E-state index is 0.0338. The van der Waals surface area contributed by atoms with Gasteiger partial charge in [0, 0.05) is 30.2 Å². The van der Waals surface area contributed by atoms with Gasteiger partial charge >= 0.3 is 178 Å². The molecule has 1 heterocycles. The first kappa shape index (κ1) is 105. The Kier molecular flexibility index (Phi) is 26.3. The van der Waals surface area contributed by atoms with Gasteiger partial charge in [0.05, 0.1) is 8.07 Å². The quantitative estimate of drug-likeness (QED) is 0.0398. The van der Waals surface area contributed by atoms with Crippen LogP contribution in [0.1, 0.15) is 50.6 Å². The number of benzene rings is 1. The monoisotopic (exact) mass is 1880 g/mol. The van der Waals surface area contributed by atoms with E-state index in [1.54, 1.807) is 0 Å². The van der Waals surface area contributed by atoms with Crippen molar-refractivity contribution in [2.45, 2.75) is 247 Å². The van der Waals surface area contributed by atoms with Gasteiger partial charge in [-0.2, -0.15) is 277 Å². The van der Waals surface area contributed by atoms with Crippen LogP contribution >= 0.6 is 12.6 Å². The molecule has 0 unspecified atom stereocenters. The van der Waals surface area contributed by atoms with Crippen molar-refractivity contribution >= 4 is 25.9 Å². The summed E-state index contributed by atoms with van der Waals surface area (Å²) in [7, 11) is -8.25. The maximum Gasteiger partial charge on any atom is 0.460 e. The summed E-state index contributed by atoms with van der Waals surface area (Å²) in [4.78, 5) is -0.568. The minimum Gasteiger partial charge on any atom is -0.297 e. The molecule has 0 aromatic heterocycles. The second-order valence-electron chi connectivity index (χ2n) is 24.4. The number of halogens is 63. The minimum atomic E-state index is -10.3. The highest BCUT2D eigenvalue weighted by Crippen LogP contribution is 2.72. The van der Waals surface area contributed by atoms with E-state index in [0.717, 1.165) is 11.8 Å². The molecule has 1 fully saturated rings. The van der Waals surface area contributed by atoms with Gasteiger partial charge < -0.3 is 0 Å². The zero-order valence-corrected chi connectivity index (χ0v) is 54.0. The number of alkyl halides is 63. The van der Waals surface area contributed by atoms with Crippen LogP contribution in [0.4, 0.5) is 277 Å². The SMILES string of the molecule is C[C@H](c1ccc([Si](CCC(F)(F)C(F)(F)C(F)(F)C(F)(F)C(F)(F)C(F)(F)C(F)(F)C(F)(F)C(F)(F)C(F)(F)F)(CCC(F)(F)C(F)(F)C(F)(F)C(F)(F)C(F)(F)C(F)(F)C(F)(F)C(F)(F)C(F)(F)C(F)(F)F)CCC(F)(F)C(F)(F)C(F)(F)C(F)(F)C(F)(F)C(F)(F)C(F)(F)C(F)(F)C(F)(F)C(F)(F)F)cc1S)N1CCCC1. The Hall–Kier alpha value is -4.66. The number of nitrogens with zero attached hydrogens (tertiary/aromatic N) is 1. The third-order valence-electron chi connectivity index (χ3n) is 17.3. The van der Waals surface area contributed by atoms with Gasteiger partial charge in [-0.25, -0.2) is 0 Å². The average Bonchev–Trinajstić information content (AvgIpc) is 0.703. The van der Waals surface area contributed by atoms with Crippen LogP contribution in [0.15, 0.2) is 23.1 Å². The largest absolute Gasteiger partial charge is 0.460 e. The van der Waals surface area contributed by atoms with E-state index >= 15 is 79.0 Å². The van der Waals surface area contributed by atoms with Gasteiger partial charge in [0.25, 0.3) is 0 Å². The highest BCUT2D eigenvalue weighted by molar-refractivity contribution is 7.80. The lowest BCUT2D eigenvalue weighted by Crippen LogP contribution is -2.77. The van der Waals surface area contributed by atoms with Gasteiger partial charge in [0.1, 0.15) is 0 Å². The zero-order valence-electron chi connectivity index (χ0n) is 52.1. The molecule has 1 aromatic rings. The van der Waals surface area contributed by atoms with Crippen LogP contribution in [0.25, 0.3) is 0 Å². The Morgan fingerprint density at radius 1 is 0.254 bits per heavy atom. The van der Waals surface area contributed by atoms with Crippen LogP contribution in [0.3, 0.4) is 0 Å². The van der Waals surface area contributed by atoms with Crippen LogP contribution < -0.4 is 5.19 Å². The lowest BCUT2D eigenvalue weighted by molar-refractivity contribution is -0.474. The Balaban J connectivity index is 3.50. The lowest BCUT2D eigenvalue weighted by atomic mass is 9.86. The van der Waals surface area contributed by atoms with Crippen LogP contribution in [0.2, 0.25) is 18.1 Å². The first-order chi connectivity index (χ1) is 48.8. The summed E-state index contributed by atoms with van der Waals surface area (Å²) >= 11 is 3.46. The number of rotatable bonds is 36. The molecular weight excluding hydrogens is 1850 g/mol. The number of hydrogen-bond donors (Lipinski definition) is 1. The summed E-state index contributed by atoms with van der Waals surface area (Å²) in [5.74, 6) is -263. The molecule has 1 saturated heterocycles. The van der Waals surface area contributed by atoms with Crippen molar-refractivity contribution in [3.63, 3.8) is 0 Å². The molecule has 0 radical (unpaired) electrons. The van der Waals surface area contributed by atoms with Gasteiger partial charge in [-0.15, -0.1) is 12.6 Å². The van der Waals surface area contributed by atoms with E-state index in [0.29, 0.717) is 0 Å². The molecule has 1 aromatic carbocycles. The number of likely N-dealkylation sites (tertiary alicyclic amines) is 1. The second kappa shape index (κ2) is 28.5. The molecule has 1 nitrogen and oxygen atoms in total. The summed E-state index contributed by atoms with van der Waals surface area (Å²) in [5.41, 5.74) is -0.933. The van der Waals surface area contributed by atoms with E-state index in [1.807, 2.05) is 0 Å². The summed E-state index contributed by atoms with van der Waals surface area (Å²) < 4.78 is 905. The highest BCUT2D eigenvalue weighted by Gasteiger charge is 3.02. The molecule has 1 aliphatic heterocycles. The average molecular weight is 1880 g/mol. The Morgan fingerprint density at radius 2 is 0.412 bits per heavy atom. The number of thiol groups is 1. The predicted octanol–water partition coefficient (Wildman–Crippen LogP) is 24.8. The summed E-state index contributed by atoms with van der Waals surface area (Å²) in [6.07, 6.45) is -40.8. The van der Waals surface area contributed by atoms with Crippen molar-refractivity contribution in [2.24, 2.45) is 0 Å². The molecule has 2 rings (SSSR count). The molecule has 0 spiro atoms. The first-order valence-electron chi connectivity index (χ1n) is 27.7. The fourth-order valence-electron chi connectivity index (χ4n) is 9.79. The van der Waals surface area contributed by atoms with E-state index in [9.17, 15) is 198 Å². The zero-order chi connectivity index (χ0) is 92.6. The van der Waals surface area contributed by atoms with E-state index in [4.69, 9.17) is 0 Å². The van der Waals surface area contributed by atoms with E-state index in [1.165, 1.54) is 0 Å². The molecule has 0 bridgehead atoms. The highest BCUT2D eigenvalue weighted by atomic mass is 32.1. The first-order valence-corrected chi connectivity index (χ1v) is 30.8. The standard InChI is InChI=1S/C48H28F63NSSi/c1-15(112-9-2-3-10-112)17-5-4-16(14-18(17)113)114(11-6-19(49,50)22(55,56)25(61,62)28(67,68)31(73,74)34(79,80)37(85,86)40(91,92)43(97,98)46(103,104)105,12-7-20(51,52)23(57,58)26(63,64)29(69,70)32(75,76)35(81,82)38(87,88)41(93,94)44(99,100)47(106,107)108)13-8-21(53,54)24(59,60)27(65,66)30(71,72)33(77,78)36(83,84)39(89,90)42(95,96)45(101,102)48(109,110)111/h4-5,14-15,113H,2-3,6-13H2,1H3/t15-/m1/s1. The second-order valence-corrected chi connectivity index (χ2v) is 29.5. The van der Waals surface area contributed by atoms with E-state index < -0.39 is 258 Å². The molecule has 0 aliphatic carbocycles. The van der Waals surface area contributed by atoms with Gasteiger partial charge in [-0.1, -0.05) is 17.3 Å². The fourth-order valence-corrected chi connectivity index (χ4v) is 15.2. The molecule has 1 aliphatic rings. The Labute approximate surface area is 590 Å². The summed E-state index contributed by atoms with van der Waals surface area (Å²) in [6, 6.07) is -15.7. The topological polar surface area (TPSA) is 3.24 Å². The van der Waals surface area contributed by atoms with Crippen molar-refractivity contribution in [2.75, 3.05) is 13.1 Å². The summed E-state index contributed by atoms with van der Waals surface area (Å²) in [5, 5.41) is -2.63. The van der Waals surface area contributed by atoms with Gasteiger partial charge in [0.15, 0.2) is 0 Å². The van der Waals surface area contributed by atoms with Crippen LogP contribution in [-0.4, -0.2) is 205 Å². The maximum atomic E-state index is 15.9. The Bertz CT molecular complexity index is 3220. The van der Waals surface area contributed by atoms with Crippen LogP contribution in [0.5, 0.6) is 0 Å². The van der Waals surface area contributed by atoms with Crippen molar-refractivity contribution < 1.29 is 277 Å². The van der Waals surface area contributed by atoms with Crippen molar-refractivity contribution in [3.05, 3.63) is 23.8 Å². The van der Waals surface area contributed by atoms with Gasteiger partial charge in [0.2, 0.25) is 0 Å². The Morgan fingerprint density at radius 3 is 0.570 bits per heavy atom. The lowest BCUT2D eigenvalue weighted by Gasteiger charge is -2.45. The van der Waals surface area contributed by atoms with Crippen LogP contribution in [0, 0.1) is 0 Å². The molecule has 676 valence electrons. The molecule has 0 saturated carbocycles. The van der Waals surface area contributed by atoms with E-state index in [-0.39, 0.29) is 32.0 Å². The third kappa shape index (κ3) is 14.1. The van der Waals surface area contributed by atoms with Crippen molar-refractivity contribution in [1.82, 2.24) is 4.90 Å². The number of hydrogen-bond acceptors (Lipinski definition) is 2. The molecule has 0 amide bonds. The maximum absolute atomic E-state index is 15.9. The van der Waals surface area contributed by atoms with Crippen LogP contribution in [-0.2, 0) is 0 Å². The van der Waals surface area contributed by atoms with Gasteiger partial charge in [-0.05, 0) is 62.6 Å². The molecule has 114 heavy (non-hydrogen) atoms. The normalized spacial score (nSPS) is 17.9. The summed E-state index contributed by atoms with van der Waals surface area (Å²) in [6.45, 7) is 0.110. The molecule has 0 N–H and O–H groups in total. The fraction of sp³-hybridized carbons (Fsp3) is 0.875. The third-order valence-corrected chi connectivity index (χ3v) is 22.8. The predicted molar refractivity (Wildman–Crippen MR) is 248 cm³/mol. The van der Waals surface area contributed by atoms with Crippen molar-refractivity contribution in [1.29, 1.82) is 0 Å². The van der Waals surface area contributed by atoms with Crippen molar-refractivity contribution in [3.8, 4) is 0 Å². The smallest absolute Gasteiger partial charge is 0.297 e. The molecule has 66 heteroatoms. The molecular formula is C48H28F63NSSi. The van der Waals surface area contributed by atoms with E-state index in [2.05, 4.69) is 12.6 Å². The molecule has 1 atom stereocenters.